The van der Waals surface area contributed by atoms with Crippen LogP contribution in [0.4, 0.5) is 0 Å². The average molecular weight is 353 g/mol. The summed E-state index contributed by atoms with van der Waals surface area (Å²) in [6, 6.07) is 13.7. The standard InChI is InChI=1S/C20H23N3O3/c1-16-7-8-18(13-21-16)20(25)26-15-19(24)23-11-9-22(10-12-23)14-17-5-3-2-4-6-17/h2-8,13H,9-12,14-15H2,1H3. The maximum atomic E-state index is 12.3. The van der Waals surface area contributed by atoms with Gasteiger partial charge in [-0.25, -0.2) is 4.79 Å². The Morgan fingerprint density at radius 2 is 1.77 bits per heavy atom. The third kappa shape index (κ3) is 4.89. The second-order valence-corrected chi connectivity index (χ2v) is 6.41. The molecule has 0 spiro atoms. The number of aryl methyl sites for hydroxylation is 1. The smallest absolute Gasteiger partial charge is 0.340 e. The Kier molecular flexibility index (Phi) is 5.96. The van der Waals surface area contributed by atoms with E-state index in [0.29, 0.717) is 18.7 Å². The molecule has 2 aromatic rings. The van der Waals surface area contributed by atoms with Crippen molar-refractivity contribution in [3.8, 4) is 0 Å². The van der Waals surface area contributed by atoms with Gasteiger partial charge < -0.3 is 9.64 Å². The van der Waals surface area contributed by atoms with Crippen molar-refractivity contribution < 1.29 is 14.3 Å². The van der Waals surface area contributed by atoms with Gasteiger partial charge in [0.1, 0.15) is 0 Å². The zero-order chi connectivity index (χ0) is 18.4. The monoisotopic (exact) mass is 353 g/mol. The zero-order valence-electron chi connectivity index (χ0n) is 14.9. The van der Waals surface area contributed by atoms with Gasteiger partial charge in [0.15, 0.2) is 6.61 Å². The summed E-state index contributed by atoms with van der Waals surface area (Å²) in [6.45, 7) is 5.43. The van der Waals surface area contributed by atoms with Crippen LogP contribution in [0, 0.1) is 6.92 Å². The molecule has 6 nitrogen and oxygen atoms in total. The highest BCUT2D eigenvalue weighted by Gasteiger charge is 2.22. The van der Waals surface area contributed by atoms with Crippen molar-refractivity contribution in [2.75, 3.05) is 32.8 Å². The topological polar surface area (TPSA) is 62.7 Å². The van der Waals surface area contributed by atoms with Crippen LogP contribution in [0.2, 0.25) is 0 Å². The van der Waals surface area contributed by atoms with Crippen LogP contribution in [0.1, 0.15) is 21.6 Å². The average Bonchev–Trinajstić information content (AvgIpc) is 2.68. The van der Waals surface area contributed by atoms with E-state index in [2.05, 4.69) is 22.0 Å². The van der Waals surface area contributed by atoms with Crippen LogP contribution in [0.15, 0.2) is 48.7 Å². The van der Waals surface area contributed by atoms with Gasteiger partial charge in [-0.2, -0.15) is 0 Å². The minimum absolute atomic E-state index is 0.155. The van der Waals surface area contributed by atoms with Gasteiger partial charge in [-0.05, 0) is 24.6 Å². The van der Waals surface area contributed by atoms with Crippen LogP contribution in [0.25, 0.3) is 0 Å². The second kappa shape index (κ2) is 8.58. The first-order valence-corrected chi connectivity index (χ1v) is 8.75. The molecule has 1 aromatic carbocycles. The van der Waals surface area contributed by atoms with E-state index in [9.17, 15) is 9.59 Å². The highest BCUT2D eigenvalue weighted by atomic mass is 16.5. The fraction of sp³-hybridized carbons (Fsp3) is 0.350. The largest absolute Gasteiger partial charge is 0.452 e. The molecule has 26 heavy (non-hydrogen) atoms. The van der Waals surface area contributed by atoms with Crippen molar-refractivity contribution >= 4 is 11.9 Å². The molecular formula is C20H23N3O3. The molecule has 0 unspecified atom stereocenters. The number of hydrogen-bond acceptors (Lipinski definition) is 5. The molecule has 1 fully saturated rings. The van der Waals surface area contributed by atoms with Crippen LogP contribution in [0.5, 0.6) is 0 Å². The third-order valence-corrected chi connectivity index (χ3v) is 4.45. The number of rotatable bonds is 5. The van der Waals surface area contributed by atoms with Crippen LogP contribution >= 0.6 is 0 Å². The molecule has 1 aliphatic heterocycles. The summed E-state index contributed by atoms with van der Waals surface area (Å²) in [4.78, 5) is 32.4. The number of hydrogen-bond donors (Lipinski definition) is 0. The molecule has 1 saturated heterocycles. The van der Waals surface area contributed by atoms with Crippen molar-refractivity contribution in [2.24, 2.45) is 0 Å². The van der Waals surface area contributed by atoms with Crippen LogP contribution in [-0.4, -0.2) is 59.4 Å². The van der Waals surface area contributed by atoms with Gasteiger partial charge in [-0.3, -0.25) is 14.7 Å². The van der Waals surface area contributed by atoms with Crippen molar-refractivity contribution in [3.05, 3.63) is 65.5 Å². The van der Waals surface area contributed by atoms with Gasteiger partial charge in [-0.1, -0.05) is 30.3 Å². The van der Waals surface area contributed by atoms with E-state index in [1.54, 1.807) is 17.0 Å². The molecule has 0 aliphatic carbocycles. The van der Waals surface area contributed by atoms with Crippen molar-refractivity contribution in [3.63, 3.8) is 0 Å². The number of carbonyl (C=O) groups excluding carboxylic acids is 2. The Hall–Kier alpha value is -2.73. The number of amides is 1. The minimum atomic E-state index is -0.520. The number of pyridine rings is 1. The number of nitrogens with zero attached hydrogens (tertiary/aromatic N) is 3. The Bertz CT molecular complexity index is 739. The van der Waals surface area contributed by atoms with E-state index in [0.717, 1.165) is 25.3 Å². The fourth-order valence-electron chi connectivity index (χ4n) is 2.89. The van der Waals surface area contributed by atoms with Crippen LogP contribution < -0.4 is 0 Å². The van der Waals surface area contributed by atoms with Gasteiger partial charge in [-0.15, -0.1) is 0 Å². The molecule has 0 bridgehead atoms. The molecule has 136 valence electrons. The summed E-state index contributed by atoms with van der Waals surface area (Å²) in [5.41, 5.74) is 2.45. The van der Waals surface area contributed by atoms with E-state index in [1.165, 1.54) is 11.8 Å². The van der Waals surface area contributed by atoms with Crippen LogP contribution in [-0.2, 0) is 16.1 Å². The Morgan fingerprint density at radius 3 is 2.42 bits per heavy atom. The lowest BCUT2D eigenvalue weighted by atomic mass is 10.2. The van der Waals surface area contributed by atoms with Gasteiger partial charge >= 0.3 is 5.97 Å². The van der Waals surface area contributed by atoms with Gasteiger partial charge in [0.05, 0.1) is 5.56 Å². The van der Waals surface area contributed by atoms with E-state index >= 15 is 0 Å². The first kappa shape index (κ1) is 18.1. The van der Waals surface area contributed by atoms with E-state index in [1.807, 2.05) is 25.1 Å². The van der Waals surface area contributed by atoms with Gasteiger partial charge in [0.2, 0.25) is 0 Å². The first-order chi connectivity index (χ1) is 12.6. The number of piperazine rings is 1. The second-order valence-electron chi connectivity index (χ2n) is 6.41. The number of aromatic nitrogens is 1. The number of benzene rings is 1. The SMILES string of the molecule is Cc1ccc(C(=O)OCC(=O)N2CCN(Cc3ccccc3)CC2)cn1. The lowest BCUT2D eigenvalue weighted by molar-refractivity contribution is -0.136. The molecule has 1 amide bonds. The normalized spacial score (nSPS) is 14.9. The molecule has 1 aromatic heterocycles. The zero-order valence-corrected chi connectivity index (χ0v) is 14.9. The predicted molar refractivity (Wildman–Crippen MR) is 97.6 cm³/mol. The molecule has 3 rings (SSSR count). The number of ether oxygens (including phenoxy) is 1. The van der Waals surface area contributed by atoms with Crippen molar-refractivity contribution in [1.29, 1.82) is 0 Å². The van der Waals surface area contributed by atoms with Crippen LogP contribution in [0.3, 0.4) is 0 Å². The number of esters is 1. The predicted octanol–water partition coefficient (Wildman–Crippen LogP) is 1.89. The summed E-state index contributed by atoms with van der Waals surface area (Å²) in [6.07, 6.45) is 1.46. The molecule has 0 radical (unpaired) electrons. The summed E-state index contributed by atoms with van der Waals surface area (Å²) in [7, 11) is 0. The van der Waals surface area contributed by atoms with Gasteiger partial charge in [0.25, 0.3) is 5.91 Å². The molecule has 0 atom stereocenters. The Morgan fingerprint density at radius 1 is 1.04 bits per heavy atom. The molecular weight excluding hydrogens is 330 g/mol. The maximum Gasteiger partial charge on any atom is 0.340 e. The van der Waals surface area contributed by atoms with Crippen molar-refractivity contribution in [2.45, 2.75) is 13.5 Å². The lowest BCUT2D eigenvalue weighted by Gasteiger charge is -2.34. The molecule has 1 aliphatic rings. The number of carbonyl (C=O) groups is 2. The highest BCUT2D eigenvalue weighted by Crippen LogP contribution is 2.09. The third-order valence-electron chi connectivity index (χ3n) is 4.45. The Balaban J connectivity index is 1.42. The summed E-state index contributed by atoms with van der Waals surface area (Å²) < 4.78 is 5.12. The van der Waals surface area contributed by atoms with Gasteiger partial charge in [0, 0.05) is 44.6 Å². The molecule has 6 heteroatoms. The summed E-state index contributed by atoms with van der Waals surface area (Å²) in [5.74, 6) is -0.675. The quantitative estimate of drug-likeness (QED) is 0.768. The minimum Gasteiger partial charge on any atom is -0.452 e. The fourth-order valence-corrected chi connectivity index (χ4v) is 2.89. The summed E-state index contributed by atoms with van der Waals surface area (Å²) >= 11 is 0. The van der Waals surface area contributed by atoms with E-state index in [-0.39, 0.29) is 12.5 Å². The van der Waals surface area contributed by atoms with E-state index in [4.69, 9.17) is 4.74 Å². The Labute approximate surface area is 153 Å². The molecule has 2 heterocycles. The molecule has 0 N–H and O–H groups in total. The highest BCUT2D eigenvalue weighted by molar-refractivity contribution is 5.91. The lowest BCUT2D eigenvalue weighted by Crippen LogP contribution is -2.49. The molecule has 0 saturated carbocycles. The first-order valence-electron chi connectivity index (χ1n) is 8.75. The maximum absolute atomic E-state index is 12.3. The van der Waals surface area contributed by atoms with E-state index < -0.39 is 5.97 Å². The van der Waals surface area contributed by atoms with Crippen molar-refractivity contribution in [1.82, 2.24) is 14.8 Å². The summed E-state index contributed by atoms with van der Waals surface area (Å²) in [5, 5.41) is 0.